The van der Waals surface area contributed by atoms with Crippen molar-refractivity contribution in [1.29, 1.82) is 5.26 Å². The normalized spacial score (nSPS) is 11.1. The van der Waals surface area contributed by atoms with Crippen LogP contribution in [0.1, 0.15) is 29.2 Å². The molecule has 7 heteroatoms. The molecular weight excluding hydrogens is 394 g/mol. The van der Waals surface area contributed by atoms with Crippen LogP contribution >= 0.6 is 0 Å². The second-order valence-corrected chi connectivity index (χ2v) is 6.72. The molecule has 0 bridgehead atoms. The van der Waals surface area contributed by atoms with Crippen molar-refractivity contribution in [2.45, 2.75) is 19.1 Å². The minimum atomic E-state index is -0.751. The Balaban J connectivity index is 1.66. The Labute approximate surface area is 180 Å². The number of amides is 2. The zero-order valence-electron chi connectivity index (χ0n) is 16.7. The van der Waals surface area contributed by atoms with Crippen LogP contribution in [0.25, 0.3) is 0 Å². The predicted octanol–water partition coefficient (Wildman–Crippen LogP) is 4.19. The molecule has 3 N–H and O–H groups in total. The van der Waals surface area contributed by atoms with Gasteiger partial charge in [0, 0.05) is 0 Å². The highest BCUT2D eigenvalue weighted by Gasteiger charge is 2.19. The minimum Gasteiger partial charge on any atom is -0.461 e. The van der Waals surface area contributed by atoms with Crippen LogP contribution in [-0.2, 0) is 16.1 Å². The Kier molecular flexibility index (Phi) is 7.22. The lowest BCUT2D eigenvalue weighted by atomic mass is 10.0. The van der Waals surface area contributed by atoms with E-state index < -0.39 is 18.0 Å². The zero-order valence-corrected chi connectivity index (χ0v) is 16.7. The molecule has 3 aromatic rings. The van der Waals surface area contributed by atoms with Crippen LogP contribution in [0, 0.1) is 11.3 Å². The van der Waals surface area contributed by atoms with Gasteiger partial charge < -0.3 is 20.5 Å². The van der Waals surface area contributed by atoms with E-state index in [-0.39, 0.29) is 13.0 Å². The maximum absolute atomic E-state index is 12.4. The second kappa shape index (κ2) is 10.5. The van der Waals surface area contributed by atoms with Crippen molar-refractivity contribution in [1.82, 2.24) is 5.32 Å². The first kappa shape index (κ1) is 21.4. The van der Waals surface area contributed by atoms with Gasteiger partial charge in [0.1, 0.15) is 18.1 Å². The molecule has 1 atom stereocenters. The third-order valence-electron chi connectivity index (χ3n) is 4.41. The lowest BCUT2D eigenvalue weighted by Crippen LogP contribution is -2.34. The van der Waals surface area contributed by atoms with Gasteiger partial charge in [-0.05, 0) is 47.5 Å². The molecule has 3 aromatic carbocycles. The summed E-state index contributed by atoms with van der Waals surface area (Å²) in [5.74, 6) is 0.726. The second-order valence-electron chi connectivity index (χ2n) is 6.72. The van der Waals surface area contributed by atoms with Crippen molar-refractivity contribution in [3.63, 3.8) is 0 Å². The molecule has 31 heavy (non-hydrogen) atoms. The largest absolute Gasteiger partial charge is 0.461 e. The quantitative estimate of drug-likeness (QED) is 0.535. The third-order valence-corrected chi connectivity index (χ3v) is 4.41. The highest BCUT2D eigenvalue weighted by Crippen LogP contribution is 2.26. The van der Waals surface area contributed by atoms with Gasteiger partial charge in [-0.25, -0.2) is 4.79 Å². The molecular formula is C24H21N3O4. The molecule has 0 aliphatic carbocycles. The molecule has 3 rings (SSSR count). The topological polar surface area (TPSA) is 114 Å². The highest BCUT2D eigenvalue weighted by molar-refractivity contribution is 5.75. The number of ether oxygens (including phenoxy) is 2. The minimum absolute atomic E-state index is 0.0605. The number of nitrogens with zero attached hydrogens (tertiary/aromatic N) is 1. The van der Waals surface area contributed by atoms with E-state index in [4.69, 9.17) is 20.5 Å². The van der Waals surface area contributed by atoms with Gasteiger partial charge in [-0.1, -0.05) is 42.5 Å². The first-order chi connectivity index (χ1) is 15.0. The number of hydrogen-bond acceptors (Lipinski definition) is 5. The first-order valence-electron chi connectivity index (χ1n) is 9.57. The highest BCUT2D eigenvalue weighted by atomic mass is 16.5. The van der Waals surface area contributed by atoms with Crippen LogP contribution in [0.15, 0.2) is 78.9 Å². The van der Waals surface area contributed by atoms with E-state index in [2.05, 4.69) is 5.32 Å². The summed E-state index contributed by atoms with van der Waals surface area (Å²) in [5.41, 5.74) is 7.24. The van der Waals surface area contributed by atoms with Gasteiger partial charge in [-0.15, -0.1) is 0 Å². The number of primary amides is 1. The number of hydrogen-bond donors (Lipinski definition) is 2. The molecule has 0 unspecified atom stereocenters. The maximum Gasteiger partial charge on any atom is 0.312 e. The SMILES string of the molecule is N#Cc1ccc(COC(=O)C[C@H](NC(N)=O)c2cccc(Oc3ccccc3)c2)cc1. The molecule has 0 aromatic heterocycles. The van der Waals surface area contributed by atoms with Gasteiger partial charge in [-0.3, -0.25) is 4.79 Å². The van der Waals surface area contributed by atoms with Crippen LogP contribution in [0.2, 0.25) is 0 Å². The van der Waals surface area contributed by atoms with E-state index in [9.17, 15) is 9.59 Å². The standard InChI is InChI=1S/C24H21N3O4/c25-15-17-9-11-18(12-10-17)16-30-23(28)14-22(27-24(26)29)19-5-4-8-21(13-19)31-20-6-2-1-3-7-20/h1-13,22H,14,16H2,(H3,26,27,29)/t22-/m0/s1. The van der Waals surface area contributed by atoms with Crippen LogP contribution in [-0.4, -0.2) is 12.0 Å². The molecule has 0 radical (unpaired) electrons. The summed E-state index contributed by atoms with van der Waals surface area (Å²) in [5, 5.41) is 11.4. The van der Waals surface area contributed by atoms with Crippen molar-refractivity contribution in [2.24, 2.45) is 5.73 Å². The lowest BCUT2D eigenvalue weighted by Gasteiger charge is -2.18. The van der Waals surface area contributed by atoms with Crippen molar-refractivity contribution < 1.29 is 19.1 Å². The number of para-hydroxylation sites is 1. The van der Waals surface area contributed by atoms with Crippen LogP contribution < -0.4 is 15.8 Å². The molecule has 0 aliphatic rings. The van der Waals surface area contributed by atoms with Gasteiger partial charge in [0.15, 0.2) is 0 Å². The van der Waals surface area contributed by atoms with Crippen molar-refractivity contribution in [3.8, 4) is 17.6 Å². The summed E-state index contributed by atoms with van der Waals surface area (Å²) in [4.78, 5) is 23.9. The van der Waals surface area contributed by atoms with Gasteiger partial charge in [-0.2, -0.15) is 5.26 Å². The van der Waals surface area contributed by atoms with E-state index in [1.54, 1.807) is 48.5 Å². The lowest BCUT2D eigenvalue weighted by molar-refractivity contribution is -0.145. The fraction of sp³-hybridized carbons (Fsp3) is 0.125. The summed E-state index contributed by atoms with van der Waals surface area (Å²) in [6, 6.07) is 23.7. The van der Waals surface area contributed by atoms with E-state index in [0.717, 1.165) is 5.56 Å². The van der Waals surface area contributed by atoms with E-state index in [1.165, 1.54) is 0 Å². The Morgan fingerprint density at radius 2 is 1.68 bits per heavy atom. The fourth-order valence-electron chi connectivity index (χ4n) is 2.91. The van der Waals surface area contributed by atoms with Gasteiger partial charge >= 0.3 is 12.0 Å². The smallest absolute Gasteiger partial charge is 0.312 e. The van der Waals surface area contributed by atoms with Crippen LogP contribution in [0.5, 0.6) is 11.5 Å². The molecule has 0 saturated heterocycles. The number of urea groups is 1. The fourth-order valence-corrected chi connectivity index (χ4v) is 2.91. The average Bonchev–Trinajstić information content (AvgIpc) is 2.78. The monoisotopic (exact) mass is 415 g/mol. The van der Waals surface area contributed by atoms with Crippen molar-refractivity contribution >= 4 is 12.0 Å². The number of nitrogens with one attached hydrogen (secondary N) is 1. The van der Waals surface area contributed by atoms with Crippen molar-refractivity contribution in [2.75, 3.05) is 0 Å². The summed E-state index contributed by atoms with van der Waals surface area (Å²) in [6.45, 7) is 0.0605. The zero-order chi connectivity index (χ0) is 22.1. The summed E-state index contributed by atoms with van der Waals surface area (Å²) >= 11 is 0. The average molecular weight is 415 g/mol. The molecule has 0 fully saturated rings. The summed E-state index contributed by atoms with van der Waals surface area (Å²) in [6.07, 6.45) is -0.103. The Hall–Kier alpha value is -4.31. The number of nitrogens with two attached hydrogens (primary N) is 1. The first-order valence-corrected chi connectivity index (χ1v) is 9.57. The Bertz CT molecular complexity index is 1080. The van der Waals surface area contributed by atoms with Gasteiger partial charge in [0.2, 0.25) is 0 Å². The number of nitriles is 1. The molecule has 7 nitrogen and oxygen atoms in total. The predicted molar refractivity (Wildman–Crippen MR) is 114 cm³/mol. The molecule has 0 aliphatic heterocycles. The Morgan fingerprint density at radius 1 is 0.968 bits per heavy atom. The van der Waals surface area contributed by atoms with E-state index in [1.807, 2.05) is 36.4 Å². The summed E-state index contributed by atoms with van der Waals surface area (Å²) in [7, 11) is 0. The van der Waals surface area contributed by atoms with Crippen molar-refractivity contribution in [3.05, 3.63) is 95.6 Å². The molecule has 2 amide bonds. The van der Waals surface area contributed by atoms with Gasteiger partial charge in [0.05, 0.1) is 24.1 Å². The number of rotatable bonds is 8. The molecule has 156 valence electrons. The number of carbonyl (C=O) groups is 2. The van der Waals surface area contributed by atoms with Gasteiger partial charge in [0.25, 0.3) is 0 Å². The summed E-state index contributed by atoms with van der Waals surface area (Å²) < 4.78 is 11.1. The third kappa shape index (κ3) is 6.61. The number of esters is 1. The Morgan fingerprint density at radius 3 is 2.35 bits per heavy atom. The molecule has 0 saturated carbocycles. The molecule has 0 spiro atoms. The molecule has 0 heterocycles. The van der Waals surface area contributed by atoms with Crippen LogP contribution in [0.4, 0.5) is 4.79 Å². The number of carbonyl (C=O) groups excluding carboxylic acids is 2. The van der Waals surface area contributed by atoms with Crippen LogP contribution in [0.3, 0.4) is 0 Å². The maximum atomic E-state index is 12.4. The van der Waals surface area contributed by atoms with E-state index >= 15 is 0 Å². The number of benzene rings is 3. The van der Waals surface area contributed by atoms with E-state index in [0.29, 0.717) is 22.6 Å².